The van der Waals surface area contributed by atoms with Gasteiger partial charge in [-0.25, -0.2) is 0 Å². The fraction of sp³-hybridized carbons (Fsp3) is 1.00. The van der Waals surface area contributed by atoms with Gasteiger partial charge in [0.05, 0.1) is 0 Å². The van der Waals surface area contributed by atoms with Gasteiger partial charge in [0.2, 0.25) is 0 Å². The van der Waals surface area contributed by atoms with Crippen molar-refractivity contribution >= 4 is 0 Å². The third kappa shape index (κ3) is 2.46. The average molecular weight is 171 g/mol. The van der Waals surface area contributed by atoms with Crippen LogP contribution < -0.4 is 0 Å². The second-order valence-electron chi connectivity index (χ2n) is 4.75. The van der Waals surface area contributed by atoms with E-state index in [2.05, 4.69) is 25.7 Å². The molecule has 1 aliphatic rings. The molecule has 72 valence electrons. The van der Waals surface area contributed by atoms with Crippen LogP contribution in [0.4, 0.5) is 0 Å². The third-order valence-corrected chi connectivity index (χ3v) is 2.88. The van der Waals surface area contributed by atoms with Gasteiger partial charge in [0.15, 0.2) is 0 Å². The summed E-state index contributed by atoms with van der Waals surface area (Å²) in [6.07, 6.45) is 2.26. The van der Waals surface area contributed by atoms with E-state index in [1.807, 2.05) is 0 Å². The van der Waals surface area contributed by atoms with E-state index in [-0.39, 0.29) is 5.41 Å². The summed E-state index contributed by atoms with van der Waals surface area (Å²) in [4.78, 5) is 2.50. The monoisotopic (exact) mass is 171 g/mol. The lowest BCUT2D eigenvalue weighted by molar-refractivity contribution is 0.0484. The van der Waals surface area contributed by atoms with E-state index in [9.17, 15) is 0 Å². The zero-order valence-electron chi connectivity index (χ0n) is 8.51. The summed E-state index contributed by atoms with van der Waals surface area (Å²) in [6, 6.07) is 0.767. The molecule has 1 saturated heterocycles. The summed E-state index contributed by atoms with van der Waals surface area (Å²) in [5.74, 6) is 0. The zero-order chi connectivity index (χ0) is 9.19. The molecule has 0 saturated carbocycles. The summed E-state index contributed by atoms with van der Waals surface area (Å²) in [7, 11) is 0. The highest BCUT2D eigenvalue weighted by atomic mass is 16.3. The Morgan fingerprint density at radius 2 is 2.17 bits per heavy atom. The van der Waals surface area contributed by atoms with Gasteiger partial charge in [0.1, 0.15) is 0 Å². The Labute approximate surface area is 75.6 Å². The van der Waals surface area contributed by atoms with Gasteiger partial charge in [-0.3, -0.25) is 0 Å². The van der Waals surface area contributed by atoms with E-state index < -0.39 is 0 Å². The summed E-state index contributed by atoms with van der Waals surface area (Å²) in [6.45, 7) is 9.43. The molecule has 1 unspecified atom stereocenters. The lowest BCUT2D eigenvalue weighted by Crippen LogP contribution is -2.49. The largest absolute Gasteiger partial charge is 0.396 e. The van der Waals surface area contributed by atoms with Crippen molar-refractivity contribution in [3.8, 4) is 0 Å². The Morgan fingerprint density at radius 1 is 1.50 bits per heavy atom. The second kappa shape index (κ2) is 3.75. The first-order valence-electron chi connectivity index (χ1n) is 4.90. The average Bonchev–Trinajstić information content (AvgIpc) is 1.98. The number of nitrogens with zero attached hydrogens (tertiary/aromatic N) is 1. The number of likely N-dealkylation sites (tertiary alicyclic amines) is 1. The van der Waals surface area contributed by atoms with Crippen molar-refractivity contribution in [1.29, 1.82) is 0 Å². The van der Waals surface area contributed by atoms with E-state index in [1.165, 1.54) is 13.0 Å². The predicted molar refractivity (Wildman–Crippen MR) is 51.1 cm³/mol. The SMILES string of the molecule is CC1CCN1CC(C)(C)CCO. The van der Waals surface area contributed by atoms with E-state index in [1.54, 1.807) is 0 Å². The predicted octanol–water partition coefficient (Wildman–Crippen LogP) is 1.49. The maximum atomic E-state index is 8.85. The molecule has 2 heteroatoms. The van der Waals surface area contributed by atoms with Crippen molar-refractivity contribution in [2.75, 3.05) is 19.7 Å². The fourth-order valence-corrected chi connectivity index (χ4v) is 1.74. The summed E-state index contributed by atoms with van der Waals surface area (Å²) in [5, 5.41) is 8.85. The number of aliphatic hydroxyl groups excluding tert-OH is 1. The van der Waals surface area contributed by atoms with E-state index in [4.69, 9.17) is 5.11 Å². The minimum absolute atomic E-state index is 0.281. The molecule has 0 aliphatic carbocycles. The second-order valence-corrected chi connectivity index (χ2v) is 4.75. The molecule has 0 aromatic heterocycles. The van der Waals surface area contributed by atoms with Crippen molar-refractivity contribution in [3.05, 3.63) is 0 Å². The van der Waals surface area contributed by atoms with Gasteiger partial charge < -0.3 is 10.0 Å². The van der Waals surface area contributed by atoms with Crippen LogP contribution in [0.15, 0.2) is 0 Å². The molecule has 1 atom stereocenters. The van der Waals surface area contributed by atoms with Crippen LogP contribution in [0.5, 0.6) is 0 Å². The number of rotatable bonds is 4. The molecule has 1 aliphatic heterocycles. The molecule has 0 spiro atoms. The van der Waals surface area contributed by atoms with E-state index in [0.29, 0.717) is 6.61 Å². The van der Waals surface area contributed by atoms with Crippen LogP contribution in [0.2, 0.25) is 0 Å². The zero-order valence-corrected chi connectivity index (χ0v) is 8.51. The highest BCUT2D eigenvalue weighted by Crippen LogP contribution is 2.26. The van der Waals surface area contributed by atoms with Gasteiger partial charge in [0, 0.05) is 19.2 Å². The molecule has 1 fully saturated rings. The maximum Gasteiger partial charge on any atom is 0.0436 e. The summed E-state index contributed by atoms with van der Waals surface area (Å²) in [5.41, 5.74) is 0.281. The minimum Gasteiger partial charge on any atom is -0.396 e. The Morgan fingerprint density at radius 3 is 2.50 bits per heavy atom. The number of hydrogen-bond acceptors (Lipinski definition) is 2. The van der Waals surface area contributed by atoms with E-state index in [0.717, 1.165) is 19.0 Å². The van der Waals surface area contributed by atoms with Gasteiger partial charge in [-0.2, -0.15) is 0 Å². The molecule has 2 nitrogen and oxygen atoms in total. The van der Waals surface area contributed by atoms with Crippen molar-refractivity contribution in [2.24, 2.45) is 5.41 Å². The molecule has 0 radical (unpaired) electrons. The van der Waals surface area contributed by atoms with Crippen molar-refractivity contribution < 1.29 is 5.11 Å². The van der Waals surface area contributed by atoms with Gasteiger partial charge in [0.25, 0.3) is 0 Å². The number of hydrogen-bond donors (Lipinski definition) is 1. The van der Waals surface area contributed by atoms with Crippen LogP contribution in [-0.4, -0.2) is 35.7 Å². The van der Waals surface area contributed by atoms with Crippen LogP contribution in [0.3, 0.4) is 0 Å². The van der Waals surface area contributed by atoms with Crippen molar-refractivity contribution in [1.82, 2.24) is 4.90 Å². The van der Waals surface area contributed by atoms with Crippen LogP contribution in [-0.2, 0) is 0 Å². The molecule has 1 heterocycles. The van der Waals surface area contributed by atoms with Crippen LogP contribution in [0.25, 0.3) is 0 Å². The smallest absolute Gasteiger partial charge is 0.0436 e. The Kier molecular flexibility index (Phi) is 3.13. The topological polar surface area (TPSA) is 23.5 Å². The van der Waals surface area contributed by atoms with Gasteiger partial charge in [-0.1, -0.05) is 13.8 Å². The Balaban J connectivity index is 2.28. The summed E-state index contributed by atoms with van der Waals surface area (Å²) >= 11 is 0. The quantitative estimate of drug-likeness (QED) is 0.692. The molecule has 1 rings (SSSR count). The standard InChI is InChI=1S/C10H21NO/c1-9-4-6-11(9)8-10(2,3)5-7-12/h9,12H,4-8H2,1-3H3. The molecule has 0 aromatic carbocycles. The number of aliphatic hydroxyl groups is 1. The molecule has 0 aromatic rings. The normalized spacial score (nSPS) is 25.5. The molecule has 12 heavy (non-hydrogen) atoms. The highest BCUT2D eigenvalue weighted by Gasteiger charge is 2.29. The van der Waals surface area contributed by atoms with Gasteiger partial charge >= 0.3 is 0 Å². The maximum absolute atomic E-state index is 8.85. The highest BCUT2D eigenvalue weighted by molar-refractivity contribution is 4.83. The Hall–Kier alpha value is -0.0800. The van der Waals surface area contributed by atoms with Crippen LogP contribution >= 0.6 is 0 Å². The van der Waals surface area contributed by atoms with Crippen molar-refractivity contribution in [3.63, 3.8) is 0 Å². The van der Waals surface area contributed by atoms with Gasteiger partial charge in [-0.05, 0) is 31.7 Å². The fourth-order valence-electron chi connectivity index (χ4n) is 1.74. The Bertz CT molecular complexity index is 145. The molecular weight excluding hydrogens is 150 g/mol. The minimum atomic E-state index is 0.281. The van der Waals surface area contributed by atoms with Gasteiger partial charge in [-0.15, -0.1) is 0 Å². The van der Waals surface area contributed by atoms with Crippen molar-refractivity contribution in [2.45, 2.75) is 39.7 Å². The molecule has 0 amide bonds. The molecule has 0 bridgehead atoms. The van der Waals surface area contributed by atoms with Crippen LogP contribution in [0, 0.1) is 5.41 Å². The lowest BCUT2D eigenvalue weighted by atomic mass is 9.87. The first-order valence-corrected chi connectivity index (χ1v) is 4.90. The first-order chi connectivity index (χ1) is 5.55. The third-order valence-electron chi connectivity index (χ3n) is 2.88. The molecular formula is C10H21NO. The first kappa shape index (κ1) is 10.0. The lowest BCUT2D eigenvalue weighted by Gasteiger charge is -2.43. The van der Waals surface area contributed by atoms with Crippen LogP contribution in [0.1, 0.15) is 33.6 Å². The molecule has 1 N–H and O–H groups in total. The van der Waals surface area contributed by atoms with E-state index >= 15 is 0 Å². The summed E-state index contributed by atoms with van der Waals surface area (Å²) < 4.78 is 0.